The fourth-order valence-electron chi connectivity index (χ4n) is 1.69. The van der Waals surface area contributed by atoms with Crippen molar-refractivity contribution in [1.82, 2.24) is 19.9 Å². The van der Waals surface area contributed by atoms with Gasteiger partial charge < -0.3 is 27.2 Å². The predicted octanol–water partition coefficient (Wildman–Crippen LogP) is 0.365. The minimum atomic E-state index is -0.539. The van der Waals surface area contributed by atoms with Crippen LogP contribution >= 0.6 is 0 Å². The number of aliphatic hydroxyl groups is 1. The van der Waals surface area contributed by atoms with Crippen LogP contribution in [0.3, 0.4) is 0 Å². The van der Waals surface area contributed by atoms with Gasteiger partial charge in [0, 0.05) is 13.1 Å². The molecule has 2 heterocycles. The molecule has 0 unspecified atom stereocenters. The van der Waals surface area contributed by atoms with Crippen molar-refractivity contribution in [1.29, 1.82) is 0 Å². The van der Waals surface area contributed by atoms with Gasteiger partial charge in [-0.3, -0.25) is 0 Å². The van der Waals surface area contributed by atoms with Crippen molar-refractivity contribution in [2.24, 2.45) is 0 Å². The van der Waals surface area contributed by atoms with Crippen LogP contribution in [0.1, 0.15) is 13.8 Å². The third-order valence-corrected chi connectivity index (χ3v) is 2.70. The van der Waals surface area contributed by atoms with Crippen LogP contribution < -0.4 is 22.1 Å². The summed E-state index contributed by atoms with van der Waals surface area (Å²) in [6, 6.07) is 0. The number of hydrogen-bond acceptors (Lipinski definition) is 9. The van der Waals surface area contributed by atoms with Gasteiger partial charge in [0.15, 0.2) is 11.6 Å². The van der Waals surface area contributed by atoms with Crippen LogP contribution in [0.25, 0.3) is 11.0 Å². The minimum absolute atomic E-state index is 0.186. The molecular weight excluding hydrogens is 284 g/mol. The zero-order valence-corrected chi connectivity index (χ0v) is 12.6. The Morgan fingerprint density at radius 1 is 1.09 bits per heavy atom. The Morgan fingerprint density at radius 2 is 1.59 bits per heavy atom. The highest BCUT2D eigenvalue weighted by molar-refractivity contribution is 5.92. The lowest BCUT2D eigenvalue weighted by atomic mass is 10.3. The highest BCUT2D eigenvalue weighted by Gasteiger charge is 2.13. The molecule has 118 valence electrons. The van der Waals surface area contributed by atoms with Crippen molar-refractivity contribution < 1.29 is 5.11 Å². The van der Waals surface area contributed by atoms with Gasteiger partial charge in [-0.05, 0) is 13.8 Å². The number of nitrogens with zero attached hydrogens (tertiary/aromatic N) is 4. The van der Waals surface area contributed by atoms with Gasteiger partial charge >= 0.3 is 0 Å². The lowest BCUT2D eigenvalue weighted by Gasteiger charge is -2.11. The molecular formula is C13H20N8O. The van der Waals surface area contributed by atoms with E-state index in [1.807, 2.05) is 6.92 Å². The maximum absolute atomic E-state index is 9.28. The summed E-state index contributed by atoms with van der Waals surface area (Å²) in [5.41, 5.74) is 13.5. The fourth-order valence-corrected chi connectivity index (χ4v) is 1.69. The third-order valence-electron chi connectivity index (χ3n) is 2.70. The molecule has 0 spiro atoms. The molecule has 1 atom stereocenters. The van der Waals surface area contributed by atoms with Crippen molar-refractivity contribution in [3.63, 3.8) is 0 Å². The number of nitrogens with one attached hydrogen (secondary N) is 2. The van der Waals surface area contributed by atoms with Crippen LogP contribution in [0.5, 0.6) is 0 Å². The zero-order chi connectivity index (χ0) is 16.3. The summed E-state index contributed by atoms with van der Waals surface area (Å²) in [6.07, 6.45) is -0.539. The number of rotatable bonds is 6. The van der Waals surface area contributed by atoms with E-state index in [9.17, 15) is 5.11 Å². The third kappa shape index (κ3) is 3.70. The van der Waals surface area contributed by atoms with Crippen LogP contribution in [0.2, 0.25) is 0 Å². The molecule has 0 aliphatic heterocycles. The van der Waals surface area contributed by atoms with Gasteiger partial charge in [0.1, 0.15) is 11.0 Å². The van der Waals surface area contributed by atoms with Gasteiger partial charge in [-0.25, -0.2) is 9.97 Å². The Labute approximate surface area is 127 Å². The average molecular weight is 304 g/mol. The summed E-state index contributed by atoms with van der Waals surface area (Å²) in [7, 11) is 0. The van der Waals surface area contributed by atoms with E-state index in [4.69, 9.17) is 11.5 Å². The van der Waals surface area contributed by atoms with Gasteiger partial charge in [-0.2, -0.15) is 9.97 Å². The van der Waals surface area contributed by atoms with E-state index >= 15 is 0 Å². The Balaban J connectivity index is 2.36. The monoisotopic (exact) mass is 304 g/mol. The second kappa shape index (κ2) is 6.39. The topological polar surface area (TPSA) is 148 Å². The fraction of sp³-hybridized carbons (Fsp3) is 0.385. The van der Waals surface area contributed by atoms with Crippen LogP contribution in [-0.4, -0.2) is 44.2 Å². The van der Waals surface area contributed by atoms with Crippen molar-refractivity contribution >= 4 is 34.6 Å². The lowest BCUT2D eigenvalue weighted by Crippen LogP contribution is -2.18. The molecule has 0 amide bonds. The van der Waals surface area contributed by atoms with Gasteiger partial charge in [0.25, 0.3) is 0 Å². The molecule has 0 bridgehead atoms. The number of fused-ring (bicyclic) bond motifs is 1. The number of aliphatic hydroxyl groups excluding tert-OH is 1. The lowest BCUT2D eigenvalue weighted by molar-refractivity contribution is 0.208. The van der Waals surface area contributed by atoms with Crippen LogP contribution in [0.4, 0.5) is 23.5 Å². The van der Waals surface area contributed by atoms with Gasteiger partial charge in [0.2, 0.25) is 11.9 Å². The van der Waals surface area contributed by atoms with Crippen molar-refractivity contribution in [3.8, 4) is 0 Å². The van der Waals surface area contributed by atoms with E-state index < -0.39 is 6.10 Å². The van der Waals surface area contributed by atoms with Crippen LogP contribution in [-0.2, 0) is 0 Å². The SMILES string of the molecule is C=C(C)CNc1nc(N)c2nc(NC[C@H](C)O)nc(N)c2n1. The molecule has 2 aromatic heterocycles. The molecule has 22 heavy (non-hydrogen) atoms. The summed E-state index contributed by atoms with van der Waals surface area (Å²) < 4.78 is 0. The maximum Gasteiger partial charge on any atom is 0.225 e. The predicted molar refractivity (Wildman–Crippen MR) is 87.4 cm³/mol. The Hall–Kier alpha value is -2.68. The first-order chi connectivity index (χ1) is 10.4. The summed E-state index contributed by atoms with van der Waals surface area (Å²) in [5, 5.41) is 15.1. The number of aromatic nitrogens is 4. The number of nitrogens with two attached hydrogens (primary N) is 2. The number of hydrogen-bond donors (Lipinski definition) is 5. The van der Waals surface area contributed by atoms with Gasteiger partial charge in [-0.1, -0.05) is 12.2 Å². The molecule has 0 aliphatic rings. The van der Waals surface area contributed by atoms with Gasteiger partial charge in [0.05, 0.1) is 6.10 Å². The van der Waals surface area contributed by atoms with E-state index in [0.29, 0.717) is 30.1 Å². The highest BCUT2D eigenvalue weighted by atomic mass is 16.3. The van der Waals surface area contributed by atoms with E-state index in [2.05, 4.69) is 37.1 Å². The molecule has 9 heteroatoms. The summed E-state index contributed by atoms with van der Waals surface area (Å²) in [5.74, 6) is 0.991. The molecule has 2 rings (SSSR count). The number of anilines is 4. The van der Waals surface area contributed by atoms with Crippen molar-refractivity contribution in [2.75, 3.05) is 35.2 Å². The highest BCUT2D eigenvalue weighted by Crippen LogP contribution is 2.23. The first kappa shape index (κ1) is 15.7. The molecule has 2 aromatic rings. The molecule has 0 aromatic carbocycles. The standard InChI is InChI=1S/C13H20N8O/c1-6(2)4-16-12-18-8-9(10(14)20-12)19-13(21-11(8)15)17-5-7(3)22/h7,22H,1,4-5H2,2-3H3,(H3,14,16,18,20)(H3,15,17,19,21)/t7-/m0/s1. The van der Waals surface area contributed by atoms with E-state index in [-0.39, 0.29) is 17.6 Å². The molecule has 0 aliphatic carbocycles. The molecule has 0 fully saturated rings. The first-order valence-corrected chi connectivity index (χ1v) is 6.77. The quantitative estimate of drug-likeness (QED) is 0.477. The van der Waals surface area contributed by atoms with E-state index in [1.165, 1.54) is 0 Å². The molecule has 7 N–H and O–H groups in total. The first-order valence-electron chi connectivity index (χ1n) is 6.77. The second-order valence-corrected chi connectivity index (χ2v) is 5.10. The Bertz CT molecular complexity index is 700. The van der Waals surface area contributed by atoms with Crippen LogP contribution in [0.15, 0.2) is 12.2 Å². The minimum Gasteiger partial charge on any atom is -0.392 e. The zero-order valence-electron chi connectivity index (χ0n) is 12.6. The normalized spacial score (nSPS) is 12.1. The van der Waals surface area contributed by atoms with Crippen molar-refractivity contribution in [3.05, 3.63) is 12.2 Å². The Kier molecular flexibility index (Phi) is 4.56. The number of nitrogen functional groups attached to an aromatic ring is 2. The van der Waals surface area contributed by atoms with E-state index in [0.717, 1.165) is 5.57 Å². The average Bonchev–Trinajstić information content (AvgIpc) is 2.44. The molecule has 0 saturated carbocycles. The Morgan fingerprint density at radius 3 is 2.05 bits per heavy atom. The van der Waals surface area contributed by atoms with E-state index in [1.54, 1.807) is 6.92 Å². The smallest absolute Gasteiger partial charge is 0.225 e. The molecule has 0 saturated heterocycles. The van der Waals surface area contributed by atoms with Crippen molar-refractivity contribution in [2.45, 2.75) is 20.0 Å². The maximum atomic E-state index is 9.28. The van der Waals surface area contributed by atoms with Gasteiger partial charge in [-0.15, -0.1) is 0 Å². The summed E-state index contributed by atoms with van der Waals surface area (Å²) in [6.45, 7) is 8.15. The summed E-state index contributed by atoms with van der Waals surface area (Å²) in [4.78, 5) is 16.8. The summed E-state index contributed by atoms with van der Waals surface area (Å²) >= 11 is 0. The second-order valence-electron chi connectivity index (χ2n) is 5.10. The van der Waals surface area contributed by atoms with Crippen LogP contribution in [0, 0.1) is 0 Å². The molecule has 0 radical (unpaired) electrons. The largest absolute Gasteiger partial charge is 0.392 e. The molecule has 9 nitrogen and oxygen atoms in total.